The van der Waals surface area contributed by atoms with E-state index in [1.165, 1.54) is 0 Å². The predicted molar refractivity (Wildman–Crippen MR) is 133 cm³/mol. The highest BCUT2D eigenvalue weighted by Crippen LogP contribution is 2.44. The summed E-state index contributed by atoms with van der Waals surface area (Å²) in [6, 6.07) is 22.2. The largest absolute Gasteiger partial charge is 0.494 e. The van der Waals surface area contributed by atoms with Gasteiger partial charge in [-0.3, -0.25) is 0 Å². The summed E-state index contributed by atoms with van der Waals surface area (Å²) in [4.78, 5) is 12.7. The highest BCUT2D eigenvalue weighted by Gasteiger charge is 2.31. The summed E-state index contributed by atoms with van der Waals surface area (Å²) in [6.45, 7) is 8.80. The van der Waals surface area contributed by atoms with Crippen LogP contribution in [0.2, 0.25) is 0 Å². The van der Waals surface area contributed by atoms with E-state index in [-0.39, 0.29) is 11.3 Å². The van der Waals surface area contributed by atoms with Crippen LogP contribution in [0.15, 0.2) is 78.2 Å². The molecule has 6 nitrogen and oxygen atoms in total. The van der Waals surface area contributed by atoms with Gasteiger partial charge in [-0.2, -0.15) is 5.26 Å². The van der Waals surface area contributed by atoms with Crippen LogP contribution in [0.25, 0.3) is 0 Å². The van der Waals surface area contributed by atoms with Gasteiger partial charge in [0.2, 0.25) is 5.88 Å². The Kier molecular flexibility index (Phi) is 6.52. The molecular weight excluding hydrogens is 440 g/mol. The molecule has 3 aromatic carbocycles. The summed E-state index contributed by atoms with van der Waals surface area (Å²) in [7, 11) is 0. The summed E-state index contributed by atoms with van der Waals surface area (Å²) in [5.41, 5.74) is 9.61. The molecule has 1 atom stereocenters. The lowest BCUT2D eigenvalue weighted by atomic mass is 9.83. The number of benzene rings is 3. The van der Waals surface area contributed by atoms with Gasteiger partial charge in [-0.05, 0) is 53.8 Å². The fraction of sp³-hybridized carbons (Fsp3) is 0.241. The lowest BCUT2D eigenvalue weighted by Crippen LogP contribution is -2.21. The van der Waals surface area contributed by atoms with E-state index in [1.807, 2.05) is 43.3 Å². The van der Waals surface area contributed by atoms with E-state index in [0.717, 1.165) is 16.7 Å². The first-order valence-electron chi connectivity index (χ1n) is 11.5. The second-order valence-electron chi connectivity index (χ2n) is 9.35. The van der Waals surface area contributed by atoms with Gasteiger partial charge in [-0.1, -0.05) is 51.1 Å². The van der Waals surface area contributed by atoms with Crippen LogP contribution in [-0.4, -0.2) is 12.6 Å². The number of rotatable bonds is 5. The quantitative estimate of drug-likeness (QED) is 0.374. The van der Waals surface area contributed by atoms with Gasteiger partial charge in [-0.15, -0.1) is 0 Å². The number of hydrogen-bond donors (Lipinski definition) is 1. The summed E-state index contributed by atoms with van der Waals surface area (Å²) >= 11 is 0. The molecule has 0 amide bonds. The molecular formula is C29H28N2O4. The van der Waals surface area contributed by atoms with Crippen LogP contribution in [0, 0.1) is 11.3 Å². The number of hydrogen-bond acceptors (Lipinski definition) is 6. The molecule has 0 fully saturated rings. The van der Waals surface area contributed by atoms with Gasteiger partial charge in [0.1, 0.15) is 28.9 Å². The third-order valence-electron chi connectivity index (χ3n) is 5.89. The van der Waals surface area contributed by atoms with Crippen molar-refractivity contribution < 1.29 is 19.0 Å². The Balaban J connectivity index is 1.63. The summed E-state index contributed by atoms with van der Waals surface area (Å²) in [6.07, 6.45) is 0. The molecule has 1 aliphatic rings. The topological polar surface area (TPSA) is 94.6 Å². The number of nitrogens with zero attached hydrogens (tertiary/aromatic N) is 1. The van der Waals surface area contributed by atoms with Crippen molar-refractivity contribution in [3.63, 3.8) is 0 Å². The molecule has 1 unspecified atom stereocenters. The Hall–Kier alpha value is -4.24. The average molecular weight is 469 g/mol. The standard InChI is InChI=1S/C29H28N2O4/c1-5-33-21-8-6-7-19(15-21)26-23-14-13-22(16-25(23)35-27(31)24(26)17-30)34-28(32)18-9-11-20(12-10-18)29(2,3)4/h6-16,26H,5,31H2,1-4H3. The van der Waals surface area contributed by atoms with Crippen LogP contribution >= 0.6 is 0 Å². The van der Waals surface area contributed by atoms with Crippen molar-refractivity contribution >= 4 is 5.97 Å². The zero-order valence-electron chi connectivity index (χ0n) is 20.3. The first-order valence-corrected chi connectivity index (χ1v) is 11.5. The van der Waals surface area contributed by atoms with Gasteiger partial charge in [-0.25, -0.2) is 4.79 Å². The summed E-state index contributed by atoms with van der Waals surface area (Å²) in [5, 5.41) is 9.79. The number of ether oxygens (including phenoxy) is 3. The van der Waals surface area contributed by atoms with E-state index in [4.69, 9.17) is 19.9 Å². The van der Waals surface area contributed by atoms with Crippen molar-refractivity contribution in [2.75, 3.05) is 6.61 Å². The minimum atomic E-state index is -0.469. The van der Waals surface area contributed by atoms with Crippen molar-refractivity contribution in [1.29, 1.82) is 5.26 Å². The number of nitriles is 1. The van der Waals surface area contributed by atoms with Gasteiger partial charge < -0.3 is 19.9 Å². The lowest BCUT2D eigenvalue weighted by Gasteiger charge is -2.27. The van der Waals surface area contributed by atoms with E-state index in [9.17, 15) is 10.1 Å². The van der Waals surface area contributed by atoms with Gasteiger partial charge in [0.05, 0.1) is 18.1 Å². The third kappa shape index (κ3) is 4.99. The average Bonchev–Trinajstić information content (AvgIpc) is 2.83. The minimum Gasteiger partial charge on any atom is -0.494 e. The van der Waals surface area contributed by atoms with Crippen molar-refractivity contribution in [3.05, 3.63) is 100 Å². The molecule has 0 aliphatic carbocycles. The molecule has 0 radical (unpaired) electrons. The van der Waals surface area contributed by atoms with Crippen molar-refractivity contribution in [2.24, 2.45) is 5.73 Å². The fourth-order valence-corrected chi connectivity index (χ4v) is 4.06. The molecule has 1 aliphatic heterocycles. The normalized spacial score (nSPS) is 15.0. The molecule has 178 valence electrons. The highest BCUT2D eigenvalue weighted by molar-refractivity contribution is 5.91. The Morgan fingerprint density at radius 1 is 1.06 bits per heavy atom. The highest BCUT2D eigenvalue weighted by atomic mass is 16.5. The molecule has 2 N–H and O–H groups in total. The first-order chi connectivity index (χ1) is 16.7. The molecule has 0 spiro atoms. The molecule has 0 saturated heterocycles. The molecule has 3 aromatic rings. The van der Waals surface area contributed by atoms with E-state index in [1.54, 1.807) is 30.3 Å². The molecule has 6 heteroatoms. The van der Waals surface area contributed by atoms with Crippen LogP contribution in [0.4, 0.5) is 0 Å². The Bertz CT molecular complexity index is 1330. The zero-order chi connectivity index (χ0) is 25.2. The summed E-state index contributed by atoms with van der Waals surface area (Å²) < 4.78 is 17.0. The van der Waals surface area contributed by atoms with E-state index < -0.39 is 11.9 Å². The predicted octanol–water partition coefficient (Wildman–Crippen LogP) is 5.82. The minimum absolute atomic E-state index is 0.00722. The van der Waals surface area contributed by atoms with Crippen LogP contribution in [0.5, 0.6) is 17.2 Å². The fourth-order valence-electron chi connectivity index (χ4n) is 4.06. The molecule has 35 heavy (non-hydrogen) atoms. The van der Waals surface area contributed by atoms with Gasteiger partial charge in [0, 0.05) is 11.6 Å². The van der Waals surface area contributed by atoms with Crippen molar-refractivity contribution in [1.82, 2.24) is 0 Å². The van der Waals surface area contributed by atoms with Gasteiger partial charge >= 0.3 is 5.97 Å². The maximum absolute atomic E-state index is 12.7. The zero-order valence-corrected chi connectivity index (χ0v) is 20.3. The van der Waals surface area contributed by atoms with Crippen LogP contribution in [0.1, 0.15) is 60.7 Å². The number of carbonyl (C=O) groups excluding carboxylic acids is 1. The van der Waals surface area contributed by atoms with Crippen molar-refractivity contribution in [3.8, 4) is 23.3 Å². The van der Waals surface area contributed by atoms with Crippen LogP contribution < -0.4 is 19.9 Å². The lowest BCUT2D eigenvalue weighted by molar-refractivity contribution is 0.0734. The molecule has 0 bridgehead atoms. The third-order valence-corrected chi connectivity index (χ3v) is 5.89. The number of allylic oxidation sites excluding steroid dienone is 1. The first kappa shape index (κ1) is 23.9. The number of carbonyl (C=O) groups is 1. The van der Waals surface area contributed by atoms with Gasteiger partial charge in [0.15, 0.2) is 0 Å². The summed E-state index contributed by atoms with van der Waals surface area (Å²) in [5.74, 6) is 0.581. The Labute approximate surface area is 205 Å². The smallest absolute Gasteiger partial charge is 0.343 e. The molecule has 0 aromatic heterocycles. The number of fused-ring (bicyclic) bond motifs is 1. The van der Waals surface area contributed by atoms with E-state index >= 15 is 0 Å². The SMILES string of the molecule is CCOc1cccc(C2C(C#N)=C(N)Oc3cc(OC(=O)c4ccc(C(C)(C)C)cc4)ccc32)c1. The second kappa shape index (κ2) is 9.55. The van der Waals surface area contributed by atoms with Crippen LogP contribution in [0.3, 0.4) is 0 Å². The monoisotopic (exact) mass is 468 g/mol. The van der Waals surface area contributed by atoms with E-state index in [0.29, 0.717) is 35.0 Å². The maximum atomic E-state index is 12.7. The Morgan fingerprint density at radius 2 is 1.80 bits per heavy atom. The molecule has 4 rings (SSSR count). The van der Waals surface area contributed by atoms with Crippen molar-refractivity contribution in [2.45, 2.75) is 39.0 Å². The van der Waals surface area contributed by atoms with E-state index in [2.05, 4.69) is 26.8 Å². The second-order valence-corrected chi connectivity index (χ2v) is 9.35. The van der Waals surface area contributed by atoms with Crippen LogP contribution in [-0.2, 0) is 5.41 Å². The molecule has 0 saturated carbocycles. The maximum Gasteiger partial charge on any atom is 0.343 e. The number of nitrogens with two attached hydrogens (primary N) is 1. The Morgan fingerprint density at radius 3 is 2.46 bits per heavy atom. The molecule has 1 heterocycles. The number of esters is 1. The van der Waals surface area contributed by atoms with Gasteiger partial charge in [0.25, 0.3) is 0 Å².